The van der Waals surface area contributed by atoms with Gasteiger partial charge in [-0.1, -0.05) is 17.7 Å². The number of nitrogens with zero attached hydrogens (tertiary/aromatic N) is 2. The van der Waals surface area contributed by atoms with Crippen LogP contribution in [-0.2, 0) is 13.6 Å². The summed E-state index contributed by atoms with van der Waals surface area (Å²) in [4.78, 5) is 0. The number of hydrogen-bond acceptors (Lipinski definition) is 2. The summed E-state index contributed by atoms with van der Waals surface area (Å²) in [7, 11) is 1.97. The average Bonchev–Trinajstić information content (AvgIpc) is 2.59. The molecule has 90 valence electrons. The van der Waals surface area contributed by atoms with Gasteiger partial charge in [-0.15, -0.1) is 0 Å². The molecule has 0 bridgehead atoms. The molecule has 0 radical (unpaired) electrons. The highest BCUT2D eigenvalue weighted by Gasteiger charge is 2.04. The molecular weight excluding hydrogens is 210 g/mol. The molecule has 0 aliphatic heterocycles. The van der Waals surface area contributed by atoms with E-state index < -0.39 is 0 Å². The maximum Gasteiger partial charge on any atom is 0.0542 e. The molecule has 3 heteroatoms. The van der Waals surface area contributed by atoms with Crippen LogP contribution >= 0.6 is 0 Å². The number of nitrogens with one attached hydrogen (secondary N) is 1. The van der Waals surface area contributed by atoms with Gasteiger partial charge in [0.25, 0.3) is 0 Å². The lowest BCUT2D eigenvalue weighted by Crippen LogP contribution is -2.02. The van der Waals surface area contributed by atoms with Crippen molar-refractivity contribution in [1.82, 2.24) is 9.78 Å². The Kier molecular flexibility index (Phi) is 3.18. The number of anilines is 1. The first kappa shape index (κ1) is 11.7. The summed E-state index contributed by atoms with van der Waals surface area (Å²) in [6, 6.07) is 6.46. The molecule has 3 nitrogen and oxygen atoms in total. The first-order valence-electron chi connectivity index (χ1n) is 5.86. The van der Waals surface area contributed by atoms with Crippen molar-refractivity contribution in [3.8, 4) is 0 Å². The van der Waals surface area contributed by atoms with Crippen molar-refractivity contribution in [2.45, 2.75) is 27.3 Å². The molecule has 0 fully saturated rings. The smallest absolute Gasteiger partial charge is 0.0542 e. The lowest BCUT2D eigenvalue weighted by Gasteiger charge is -2.10. The van der Waals surface area contributed by atoms with Gasteiger partial charge in [-0.3, -0.25) is 4.68 Å². The van der Waals surface area contributed by atoms with Crippen molar-refractivity contribution in [3.63, 3.8) is 0 Å². The third-order valence-corrected chi connectivity index (χ3v) is 3.19. The van der Waals surface area contributed by atoms with Crippen LogP contribution in [0.25, 0.3) is 0 Å². The van der Waals surface area contributed by atoms with Crippen LogP contribution in [0.2, 0.25) is 0 Å². The third-order valence-electron chi connectivity index (χ3n) is 3.19. The molecule has 0 amide bonds. The summed E-state index contributed by atoms with van der Waals surface area (Å²) in [5, 5.41) is 7.70. The third kappa shape index (κ3) is 2.49. The van der Waals surface area contributed by atoms with E-state index in [2.05, 4.69) is 49.4 Å². The Morgan fingerprint density at radius 3 is 2.59 bits per heavy atom. The van der Waals surface area contributed by atoms with E-state index in [4.69, 9.17) is 0 Å². The monoisotopic (exact) mass is 229 g/mol. The van der Waals surface area contributed by atoms with Gasteiger partial charge in [0.15, 0.2) is 0 Å². The Balaban J connectivity index is 2.10. The molecule has 0 atom stereocenters. The first-order valence-corrected chi connectivity index (χ1v) is 5.86. The van der Waals surface area contributed by atoms with E-state index in [-0.39, 0.29) is 0 Å². The van der Waals surface area contributed by atoms with Gasteiger partial charge in [0.05, 0.1) is 6.20 Å². The van der Waals surface area contributed by atoms with E-state index in [0.717, 1.165) is 6.54 Å². The normalized spacial score (nSPS) is 10.6. The van der Waals surface area contributed by atoms with Crippen molar-refractivity contribution >= 4 is 5.69 Å². The molecule has 0 aliphatic rings. The number of aromatic nitrogens is 2. The van der Waals surface area contributed by atoms with E-state index in [9.17, 15) is 0 Å². The number of rotatable bonds is 3. The summed E-state index contributed by atoms with van der Waals surface area (Å²) in [5.41, 5.74) is 6.23. The minimum atomic E-state index is 0.823. The summed E-state index contributed by atoms with van der Waals surface area (Å²) in [6.07, 6.45) is 1.92. The molecule has 2 rings (SSSR count). The summed E-state index contributed by atoms with van der Waals surface area (Å²) >= 11 is 0. The molecule has 0 saturated heterocycles. The minimum absolute atomic E-state index is 0.823. The Bertz CT molecular complexity index is 526. The maximum atomic E-state index is 4.24. The highest BCUT2D eigenvalue weighted by Crippen LogP contribution is 2.17. The molecule has 0 saturated carbocycles. The number of hydrogen-bond donors (Lipinski definition) is 1. The van der Waals surface area contributed by atoms with Crippen molar-refractivity contribution in [1.29, 1.82) is 0 Å². The number of aryl methyl sites for hydroxylation is 3. The van der Waals surface area contributed by atoms with E-state index >= 15 is 0 Å². The fourth-order valence-electron chi connectivity index (χ4n) is 1.92. The average molecular weight is 229 g/mol. The molecule has 0 aliphatic carbocycles. The topological polar surface area (TPSA) is 29.9 Å². The van der Waals surface area contributed by atoms with E-state index in [1.165, 1.54) is 28.1 Å². The molecule has 1 aromatic carbocycles. The van der Waals surface area contributed by atoms with Crippen molar-refractivity contribution in [3.05, 3.63) is 46.8 Å². The van der Waals surface area contributed by atoms with Gasteiger partial charge in [0.2, 0.25) is 0 Å². The van der Waals surface area contributed by atoms with E-state index in [0.29, 0.717) is 0 Å². The Hall–Kier alpha value is -1.77. The van der Waals surface area contributed by atoms with Crippen LogP contribution in [0, 0.1) is 20.8 Å². The minimum Gasteiger partial charge on any atom is -0.381 e. The van der Waals surface area contributed by atoms with E-state index in [1.807, 2.05) is 17.9 Å². The van der Waals surface area contributed by atoms with Gasteiger partial charge >= 0.3 is 0 Å². The molecule has 1 aromatic heterocycles. The van der Waals surface area contributed by atoms with Crippen molar-refractivity contribution in [2.24, 2.45) is 7.05 Å². The highest BCUT2D eigenvalue weighted by molar-refractivity contribution is 5.52. The van der Waals surface area contributed by atoms with Crippen LogP contribution in [0.3, 0.4) is 0 Å². The standard InChI is InChI=1S/C14H19N3/c1-10-5-6-14(11(2)7-10)15-8-13-9-16-17(4)12(13)3/h5-7,9,15H,8H2,1-4H3. The quantitative estimate of drug-likeness (QED) is 0.877. The summed E-state index contributed by atoms with van der Waals surface area (Å²) in [5.74, 6) is 0. The molecule has 17 heavy (non-hydrogen) atoms. The van der Waals surface area contributed by atoms with Gasteiger partial charge in [-0.25, -0.2) is 0 Å². The largest absolute Gasteiger partial charge is 0.381 e. The second-order valence-corrected chi connectivity index (χ2v) is 4.55. The SMILES string of the molecule is Cc1ccc(NCc2cnn(C)c2C)c(C)c1. The molecule has 0 spiro atoms. The second kappa shape index (κ2) is 4.62. The summed E-state index contributed by atoms with van der Waals surface area (Å²) in [6.45, 7) is 7.16. The lowest BCUT2D eigenvalue weighted by molar-refractivity contribution is 0.738. The predicted octanol–water partition coefficient (Wildman–Crippen LogP) is 2.96. The van der Waals surface area contributed by atoms with Gasteiger partial charge in [0, 0.05) is 30.5 Å². The van der Waals surface area contributed by atoms with Crippen molar-refractivity contribution < 1.29 is 0 Å². The fraction of sp³-hybridized carbons (Fsp3) is 0.357. The molecule has 2 aromatic rings. The Morgan fingerprint density at radius 2 is 2.00 bits per heavy atom. The van der Waals surface area contributed by atoms with Crippen LogP contribution in [0.15, 0.2) is 24.4 Å². The second-order valence-electron chi connectivity index (χ2n) is 4.55. The highest BCUT2D eigenvalue weighted by atomic mass is 15.3. The first-order chi connectivity index (χ1) is 8.08. The maximum absolute atomic E-state index is 4.24. The van der Waals surface area contributed by atoms with Gasteiger partial charge in [-0.2, -0.15) is 5.10 Å². The van der Waals surface area contributed by atoms with E-state index in [1.54, 1.807) is 0 Å². The van der Waals surface area contributed by atoms with Gasteiger partial charge in [-0.05, 0) is 32.4 Å². The van der Waals surface area contributed by atoms with Crippen LogP contribution in [0.4, 0.5) is 5.69 Å². The zero-order valence-electron chi connectivity index (χ0n) is 10.9. The zero-order chi connectivity index (χ0) is 12.4. The van der Waals surface area contributed by atoms with Crippen LogP contribution in [-0.4, -0.2) is 9.78 Å². The lowest BCUT2D eigenvalue weighted by atomic mass is 10.1. The molecule has 1 N–H and O–H groups in total. The predicted molar refractivity (Wildman–Crippen MR) is 71.2 cm³/mol. The molecule has 1 heterocycles. The zero-order valence-corrected chi connectivity index (χ0v) is 10.9. The molecule has 0 unspecified atom stereocenters. The van der Waals surface area contributed by atoms with Crippen LogP contribution in [0.5, 0.6) is 0 Å². The Morgan fingerprint density at radius 1 is 1.24 bits per heavy atom. The number of benzene rings is 1. The van der Waals surface area contributed by atoms with Crippen LogP contribution in [0.1, 0.15) is 22.4 Å². The van der Waals surface area contributed by atoms with Gasteiger partial charge < -0.3 is 5.32 Å². The summed E-state index contributed by atoms with van der Waals surface area (Å²) < 4.78 is 1.90. The van der Waals surface area contributed by atoms with Gasteiger partial charge in [0.1, 0.15) is 0 Å². The fourth-order valence-corrected chi connectivity index (χ4v) is 1.92. The van der Waals surface area contributed by atoms with Crippen LogP contribution < -0.4 is 5.32 Å². The van der Waals surface area contributed by atoms with Crippen molar-refractivity contribution in [2.75, 3.05) is 5.32 Å². The Labute approximate surface area is 102 Å². The molecular formula is C14H19N3.